The second-order valence-electron chi connectivity index (χ2n) is 7.53. The van der Waals surface area contributed by atoms with Gasteiger partial charge in [-0.25, -0.2) is 4.98 Å². The van der Waals surface area contributed by atoms with E-state index in [1.807, 2.05) is 73.7 Å². The Balaban J connectivity index is 1.49. The van der Waals surface area contributed by atoms with Gasteiger partial charge in [0.05, 0.1) is 28.5 Å². The van der Waals surface area contributed by atoms with Gasteiger partial charge in [-0.1, -0.05) is 65.8 Å². The van der Waals surface area contributed by atoms with E-state index in [1.54, 1.807) is 24.4 Å². The molecule has 0 aliphatic heterocycles. The lowest BCUT2D eigenvalue weighted by atomic mass is 10.1. The highest BCUT2D eigenvalue weighted by Gasteiger charge is 2.11. The van der Waals surface area contributed by atoms with Gasteiger partial charge in [0, 0.05) is 10.9 Å². The summed E-state index contributed by atoms with van der Waals surface area (Å²) in [6, 6.07) is 26.8. The number of hydrogen-bond acceptors (Lipinski definition) is 5. The van der Waals surface area contributed by atoms with E-state index in [0.29, 0.717) is 16.7 Å². The third-order valence-electron chi connectivity index (χ3n) is 5.27. The number of fused-ring (bicyclic) bond motifs is 2. The Bertz CT molecular complexity index is 1510. The van der Waals surface area contributed by atoms with Crippen LogP contribution >= 0.6 is 0 Å². The van der Waals surface area contributed by atoms with E-state index in [0.717, 1.165) is 27.9 Å². The maximum absolute atomic E-state index is 13.2. The summed E-state index contributed by atoms with van der Waals surface area (Å²) >= 11 is 0. The Kier molecular flexibility index (Phi) is 5.51. The van der Waals surface area contributed by atoms with Crippen molar-refractivity contribution in [3.8, 4) is 0 Å². The summed E-state index contributed by atoms with van der Waals surface area (Å²) < 4.78 is 1.27. The second kappa shape index (κ2) is 8.92. The van der Waals surface area contributed by atoms with E-state index in [2.05, 4.69) is 20.2 Å². The van der Waals surface area contributed by atoms with Crippen molar-refractivity contribution >= 4 is 33.7 Å². The highest BCUT2D eigenvalue weighted by Crippen LogP contribution is 2.14. The molecule has 0 saturated heterocycles. The first-order valence-electron chi connectivity index (χ1n) is 10.5. The van der Waals surface area contributed by atoms with E-state index < -0.39 is 0 Å². The number of hydrogen-bond donors (Lipinski definition) is 1. The molecule has 1 N–H and O–H groups in total. The molecule has 0 fully saturated rings. The zero-order valence-electron chi connectivity index (χ0n) is 18.0. The third kappa shape index (κ3) is 4.29. The molecule has 7 heteroatoms. The van der Waals surface area contributed by atoms with Gasteiger partial charge in [0.25, 0.3) is 5.56 Å². The smallest absolute Gasteiger partial charge is 0.282 e. The summed E-state index contributed by atoms with van der Waals surface area (Å²) in [6.07, 6.45) is 1.61. The van der Waals surface area contributed by atoms with Crippen LogP contribution in [0.5, 0.6) is 0 Å². The molecule has 2 aromatic heterocycles. The second-order valence-corrected chi connectivity index (χ2v) is 7.53. The van der Waals surface area contributed by atoms with Gasteiger partial charge >= 0.3 is 0 Å². The first-order chi connectivity index (χ1) is 16.2. The lowest BCUT2D eigenvalue weighted by Gasteiger charge is -2.08. The van der Waals surface area contributed by atoms with Crippen LogP contribution in [0.1, 0.15) is 24.0 Å². The molecule has 0 unspecified atom stereocenters. The van der Waals surface area contributed by atoms with Gasteiger partial charge in [-0.3, -0.25) is 4.79 Å². The molecule has 162 valence electrons. The zero-order valence-corrected chi connectivity index (χ0v) is 18.0. The first kappa shape index (κ1) is 20.4. The topological polar surface area (TPSA) is 84.6 Å². The van der Waals surface area contributed by atoms with Crippen LogP contribution < -0.4 is 5.56 Å². The van der Waals surface area contributed by atoms with E-state index in [-0.39, 0.29) is 12.2 Å². The maximum atomic E-state index is 13.2. The van der Waals surface area contributed by atoms with Crippen molar-refractivity contribution in [1.82, 2.24) is 14.6 Å². The SMILES string of the molecule is CC(=NOCc1nc2ccccc2c(=O)n1/N=C/c1cc2ccccc2[nH]1)c1ccccc1. The monoisotopic (exact) mass is 435 g/mol. The standard InChI is InChI=1S/C26H21N5O2/c1-18(19-9-3-2-4-10-19)30-33-17-25-29-24-14-8-6-12-22(24)26(32)31(25)27-16-21-15-20-11-5-7-13-23(20)28-21/h2-16,28H,17H2,1H3/b27-16+,30-18?. The Labute approximate surface area is 189 Å². The largest absolute Gasteiger partial charge is 0.387 e. The van der Waals surface area contributed by atoms with Gasteiger partial charge in [0.1, 0.15) is 0 Å². The van der Waals surface area contributed by atoms with Crippen molar-refractivity contribution in [3.05, 3.63) is 112 Å². The fraction of sp³-hybridized carbons (Fsp3) is 0.0769. The molecule has 0 saturated carbocycles. The summed E-state index contributed by atoms with van der Waals surface area (Å²) in [4.78, 5) is 26.6. The Morgan fingerprint density at radius 2 is 1.79 bits per heavy atom. The fourth-order valence-electron chi connectivity index (χ4n) is 3.59. The molecular formula is C26H21N5O2. The summed E-state index contributed by atoms with van der Waals surface area (Å²) in [5.41, 5.74) is 3.78. The van der Waals surface area contributed by atoms with Crippen LogP contribution in [-0.2, 0) is 11.4 Å². The van der Waals surface area contributed by atoms with Gasteiger partial charge in [0.2, 0.25) is 0 Å². The minimum Gasteiger partial charge on any atom is -0.387 e. The number of para-hydroxylation sites is 2. The predicted molar refractivity (Wildman–Crippen MR) is 131 cm³/mol. The number of nitrogens with zero attached hydrogens (tertiary/aromatic N) is 4. The van der Waals surface area contributed by atoms with Crippen LogP contribution in [0.3, 0.4) is 0 Å². The number of H-pyrrole nitrogens is 1. The van der Waals surface area contributed by atoms with Gasteiger partial charge in [-0.05, 0) is 36.8 Å². The molecule has 0 amide bonds. The van der Waals surface area contributed by atoms with Crippen LogP contribution in [0.2, 0.25) is 0 Å². The molecule has 2 heterocycles. The normalized spacial score (nSPS) is 12.1. The number of oxime groups is 1. The quantitative estimate of drug-likeness (QED) is 0.310. The Morgan fingerprint density at radius 3 is 2.64 bits per heavy atom. The molecule has 0 aliphatic carbocycles. The van der Waals surface area contributed by atoms with E-state index in [4.69, 9.17) is 4.84 Å². The summed E-state index contributed by atoms with van der Waals surface area (Å²) in [5, 5.41) is 10.2. The highest BCUT2D eigenvalue weighted by molar-refractivity contribution is 5.98. The van der Waals surface area contributed by atoms with Crippen molar-refractivity contribution < 1.29 is 4.84 Å². The summed E-state index contributed by atoms with van der Waals surface area (Å²) in [7, 11) is 0. The molecule has 0 atom stereocenters. The average Bonchev–Trinajstić information content (AvgIpc) is 3.27. The number of rotatable bonds is 6. The zero-order chi connectivity index (χ0) is 22.6. The van der Waals surface area contributed by atoms with Crippen molar-refractivity contribution in [3.63, 3.8) is 0 Å². The summed E-state index contributed by atoms with van der Waals surface area (Å²) in [6.45, 7) is 1.86. The van der Waals surface area contributed by atoms with Crippen LogP contribution in [0.25, 0.3) is 21.8 Å². The molecular weight excluding hydrogens is 414 g/mol. The minimum absolute atomic E-state index is 0.00567. The lowest BCUT2D eigenvalue weighted by Crippen LogP contribution is -2.22. The van der Waals surface area contributed by atoms with Gasteiger partial charge in [0.15, 0.2) is 12.4 Å². The van der Waals surface area contributed by atoms with Crippen LogP contribution in [0.4, 0.5) is 0 Å². The molecule has 0 aliphatic rings. The van der Waals surface area contributed by atoms with Gasteiger partial charge in [-0.15, -0.1) is 0 Å². The number of aromatic nitrogens is 3. The molecule has 7 nitrogen and oxygen atoms in total. The average molecular weight is 435 g/mol. The Morgan fingerprint density at radius 1 is 1.03 bits per heavy atom. The van der Waals surface area contributed by atoms with E-state index in [9.17, 15) is 4.79 Å². The number of nitrogens with one attached hydrogen (secondary N) is 1. The highest BCUT2D eigenvalue weighted by atomic mass is 16.6. The van der Waals surface area contributed by atoms with Crippen molar-refractivity contribution in [2.75, 3.05) is 0 Å². The molecule has 33 heavy (non-hydrogen) atoms. The Hall–Kier alpha value is -4.52. The molecule has 0 radical (unpaired) electrons. The summed E-state index contributed by atoms with van der Waals surface area (Å²) in [5.74, 6) is 0.357. The third-order valence-corrected chi connectivity index (χ3v) is 5.27. The van der Waals surface area contributed by atoms with Crippen molar-refractivity contribution in [2.45, 2.75) is 13.5 Å². The van der Waals surface area contributed by atoms with Crippen LogP contribution in [0.15, 0.2) is 100.0 Å². The van der Waals surface area contributed by atoms with E-state index >= 15 is 0 Å². The molecule has 0 bridgehead atoms. The minimum atomic E-state index is -0.268. The van der Waals surface area contributed by atoms with Crippen molar-refractivity contribution in [1.29, 1.82) is 0 Å². The number of aromatic amines is 1. The molecule has 3 aromatic carbocycles. The first-order valence-corrected chi connectivity index (χ1v) is 10.5. The number of benzene rings is 3. The fourth-order valence-corrected chi connectivity index (χ4v) is 3.59. The van der Waals surface area contributed by atoms with Gasteiger partial charge < -0.3 is 9.82 Å². The maximum Gasteiger partial charge on any atom is 0.282 e. The molecule has 0 spiro atoms. The molecule has 5 rings (SSSR count). The van der Waals surface area contributed by atoms with E-state index in [1.165, 1.54) is 4.68 Å². The van der Waals surface area contributed by atoms with Crippen LogP contribution in [0, 0.1) is 0 Å². The predicted octanol–water partition coefficient (Wildman–Crippen LogP) is 4.70. The van der Waals surface area contributed by atoms with Crippen molar-refractivity contribution in [2.24, 2.45) is 10.3 Å². The van der Waals surface area contributed by atoms with Gasteiger partial charge in [-0.2, -0.15) is 9.78 Å². The van der Waals surface area contributed by atoms with Crippen LogP contribution in [-0.4, -0.2) is 26.6 Å². The molecule has 5 aromatic rings. The lowest BCUT2D eigenvalue weighted by molar-refractivity contribution is 0.122.